The minimum absolute atomic E-state index is 0.168. The fraction of sp³-hybridized carbons (Fsp3) is 0.786. The highest BCUT2D eigenvalue weighted by molar-refractivity contribution is 7.99. The Kier molecular flexibility index (Phi) is 4.47. The Hall–Kier alpha value is -0.100. The van der Waals surface area contributed by atoms with E-state index in [-0.39, 0.29) is 5.60 Å². The second kappa shape index (κ2) is 6.12. The summed E-state index contributed by atoms with van der Waals surface area (Å²) >= 11 is 3.80. The monoisotopic (exact) mass is 298 g/mol. The van der Waals surface area contributed by atoms with E-state index in [2.05, 4.69) is 22.6 Å². The molecule has 2 fully saturated rings. The highest BCUT2D eigenvalue weighted by atomic mass is 32.2. The number of hydrogen-bond acceptors (Lipinski definition) is 5. The number of thiazole rings is 1. The molecule has 5 heteroatoms. The maximum atomic E-state index is 6.09. The zero-order valence-corrected chi connectivity index (χ0v) is 13.1. The van der Waals surface area contributed by atoms with Crippen molar-refractivity contribution in [1.82, 2.24) is 10.3 Å². The van der Waals surface area contributed by atoms with E-state index in [0.29, 0.717) is 12.1 Å². The van der Waals surface area contributed by atoms with Crippen LogP contribution < -0.4 is 5.32 Å². The summed E-state index contributed by atoms with van der Waals surface area (Å²) in [4.78, 5) is 4.46. The van der Waals surface area contributed by atoms with E-state index in [4.69, 9.17) is 4.74 Å². The summed E-state index contributed by atoms with van der Waals surface area (Å²) in [6.45, 7) is 3.14. The van der Waals surface area contributed by atoms with Crippen molar-refractivity contribution >= 4 is 23.1 Å². The molecule has 106 valence electrons. The molecule has 0 bridgehead atoms. The van der Waals surface area contributed by atoms with E-state index in [1.807, 2.05) is 18.0 Å². The van der Waals surface area contributed by atoms with Gasteiger partial charge in [-0.05, 0) is 31.4 Å². The lowest BCUT2D eigenvalue weighted by atomic mass is 9.89. The molecule has 0 aromatic carbocycles. The highest BCUT2D eigenvalue weighted by Crippen LogP contribution is 2.38. The first-order valence-corrected chi connectivity index (χ1v) is 9.22. The second-order valence-corrected chi connectivity index (χ2v) is 7.55. The largest absolute Gasteiger partial charge is 0.374 e. The van der Waals surface area contributed by atoms with Gasteiger partial charge in [0.25, 0.3) is 0 Å². The molecule has 3 unspecified atom stereocenters. The lowest BCUT2D eigenvalue weighted by Crippen LogP contribution is -2.48. The quantitative estimate of drug-likeness (QED) is 0.925. The summed E-state index contributed by atoms with van der Waals surface area (Å²) in [6.07, 6.45) is 6.54. The molecule has 2 aliphatic rings. The van der Waals surface area contributed by atoms with E-state index in [0.717, 1.165) is 19.4 Å². The number of rotatable bonds is 4. The van der Waals surface area contributed by atoms with Gasteiger partial charge in [0.2, 0.25) is 0 Å². The first-order chi connectivity index (χ1) is 9.31. The standard InChI is InChI=1S/C14H22N2OS2/c1-2-12(13-15-5-8-19-13)16-11-3-6-17-14(9-11)4-7-18-10-14/h5,8,11-12,16H,2-4,6-7,9-10H2,1H3. The molecule has 0 saturated carbocycles. The van der Waals surface area contributed by atoms with Crippen molar-refractivity contribution in [1.29, 1.82) is 0 Å². The van der Waals surface area contributed by atoms with E-state index in [1.54, 1.807) is 11.3 Å². The van der Waals surface area contributed by atoms with Crippen molar-refractivity contribution in [3.05, 3.63) is 16.6 Å². The number of aromatic nitrogens is 1. The number of thioether (sulfide) groups is 1. The molecule has 2 saturated heterocycles. The van der Waals surface area contributed by atoms with Crippen LogP contribution in [0.2, 0.25) is 0 Å². The van der Waals surface area contributed by atoms with Crippen LogP contribution >= 0.6 is 23.1 Å². The first kappa shape index (κ1) is 13.9. The molecule has 1 N–H and O–H groups in total. The highest BCUT2D eigenvalue weighted by Gasteiger charge is 2.40. The van der Waals surface area contributed by atoms with E-state index >= 15 is 0 Å². The molecular formula is C14H22N2OS2. The van der Waals surface area contributed by atoms with Crippen LogP contribution in [0.3, 0.4) is 0 Å². The smallest absolute Gasteiger partial charge is 0.109 e. The number of hydrogen-bond donors (Lipinski definition) is 1. The molecule has 0 aliphatic carbocycles. The Morgan fingerprint density at radius 1 is 1.63 bits per heavy atom. The lowest BCUT2D eigenvalue weighted by molar-refractivity contribution is -0.0714. The van der Waals surface area contributed by atoms with Gasteiger partial charge < -0.3 is 10.1 Å². The van der Waals surface area contributed by atoms with Crippen molar-refractivity contribution < 1.29 is 4.74 Å². The van der Waals surface area contributed by atoms with E-state index in [1.165, 1.54) is 29.4 Å². The predicted molar refractivity (Wildman–Crippen MR) is 81.9 cm³/mol. The minimum Gasteiger partial charge on any atom is -0.374 e. The van der Waals surface area contributed by atoms with Crippen molar-refractivity contribution in [2.24, 2.45) is 0 Å². The summed E-state index contributed by atoms with van der Waals surface area (Å²) in [5, 5.41) is 7.11. The van der Waals surface area contributed by atoms with Crippen LogP contribution in [0, 0.1) is 0 Å². The second-order valence-electron chi connectivity index (χ2n) is 5.52. The third kappa shape index (κ3) is 3.15. The van der Waals surface area contributed by atoms with Gasteiger partial charge in [0.05, 0.1) is 11.6 Å². The van der Waals surface area contributed by atoms with Gasteiger partial charge in [-0.15, -0.1) is 11.3 Å². The molecule has 3 nitrogen and oxygen atoms in total. The summed E-state index contributed by atoms with van der Waals surface area (Å²) in [5.74, 6) is 2.44. The van der Waals surface area contributed by atoms with Crippen molar-refractivity contribution in [3.8, 4) is 0 Å². The molecule has 3 heterocycles. The maximum absolute atomic E-state index is 6.09. The van der Waals surface area contributed by atoms with Gasteiger partial charge >= 0.3 is 0 Å². The molecule has 3 atom stereocenters. The fourth-order valence-corrected chi connectivity index (χ4v) is 5.25. The molecule has 2 aliphatic heterocycles. The number of nitrogens with zero attached hydrogens (tertiary/aromatic N) is 1. The van der Waals surface area contributed by atoms with Crippen LogP contribution in [0.5, 0.6) is 0 Å². The normalized spacial score (nSPS) is 32.8. The first-order valence-electron chi connectivity index (χ1n) is 7.18. The Morgan fingerprint density at radius 3 is 3.26 bits per heavy atom. The van der Waals surface area contributed by atoms with Gasteiger partial charge in [-0.25, -0.2) is 4.98 Å². The Balaban J connectivity index is 1.62. The van der Waals surface area contributed by atoms with Gasteiger partial charge in [0, 0.05) is 30.0 Å². The van der Waals surface area contributed by atoms with Crippen molar-refractivity contribution in [2.75, 3.05) is 18.1 Å². The molecular weight excluding hydrogens is 276 g/mol. The molecule has 3 rings (SSSR count). The maximum Gasteiger partial charge on any atom is 0.109 e. The predicted octanol–water partition coefficient (Wildman–Crippen LogP) is 3.24. The SMILES string of the molecule is CCC(NC1CCOC2(CCSC2)C1)c1nccs1. The van der Waals surface area contributed by atoms with Gasteiger partial charge in [0.1, 0.15) is 5.01 Å². The minimum atomic E-state index is 0.168. The lowest BCUT2D eigenvalue weighted by Gasteiger charge is -2.39. The van der Waals surface area contributed by atoms with Crippen molar-refractivity contribution in [3.63, 3.8) is 0 Å². The molecule has 0 radical (unpaired) electrons. The molecule has 1 aromatic rings. The van der Waals surface area contributed by atoms with Crippen LogP contribution in [0.15, 0.2) is 11.6 Å². The van der Waals surface area contributed by atoms with Crippen LogP contribution in [0.4, 0.5) is 0 Å². The van der Waals surface area contributed by atoms with Gasteiger partial charge in [0.15, 0.2) is 0 Å². The fourth-order valence-electron chi connectivity index (χ4n) is 3.09. The Labute approximate surface area is 123 Å². The topological polar surface area (TPSA) is 34.1 Å². The zero-order chi connectivity index (χ0) is 13.1. The molecule has 1 spiro atoms. The molecule has 1 aromatic heterocycles. The summed E-state index contributed by atoms with van der Waals surface area (Å²) < 4.78 is 6.09. The van der Waals surface area contributed by atoms with Gasteiger partial charge in [-0.1, -0.05) is 6.92 Å². The van der Waals surface area contributed by atoms with E-state index in [9.17, 15) is 0 Å². The van der Waals surface area contributed by atoms with Crippen LogP contribution in [-0.4, -0.2) is 34.7 Å². The summed E-state index contributed by atoms with van der Waals surface area (Å²) in [5.41, 5.74) is 0.168. The van der Waals surface area contributed by atoms with Crippen LogP contribution in [0.1, 0.15) is 43.7 Å². The molecule has 19 heavy (non-hydrogen) atoms. The number of ether oxygens (including phenoxy) is 1. The molecule has 0 amide bonds. The third-order valence-electron chi connectivity index (χ3n) is 4.15. The Morgan fingerprint density at radius 2 is 2.58 bits per heavy atom. The average molecular weight is 298 g/mol. The van der Waals surface area contributed by atoms with Crippen LogP contribution in [0.25, 0.3) is 0 Å². The Bertz CT molecular complexity index is 390. The summed E-state index contributed by atoms with van der Waals surface area (Å²) in [6, 6.07) is 0.996. The van der Waals surface area contributed by atoms with Crippen LogP contribution in [-0.2, 0) is 4.74 Å². The average Bonchev–Trinajstić information content (AvgIpc) is 3.08. The van der Waals surface area contributed by atoms with Crippen molar-refractivity contribution in [2.45, 2.75) is 50.3 Å². The van der Waals surface area contributed by atoms with Gasteiger partial charge in [-0.2, -0.15) is 11.8 Å². The number of nitrogens with one attached hydrogen (secondary N) is 1. The third-order valence-corrected chi connectivity index (χ3v) is 6.27. The summed E-state index contributed by atoms with van der Waals surface area (Å²) in [7, 11) is 0. The van der Waals surface area contributed by atoms with Gasteiger partial charge in [-0.3, -0.25) is 0 Å². The van der Waals surface area contributed by atoms with E-state index < -0.39 is 0 Å². The zero-order valence-electron chi connectivity index (χ0n) is 11.4.